The summed E-state index contributed by atoms with van der Waals surface area (Å²) in [6.07, 6.45) is 1.07. The number of aryl methyl sites for hydroxylation is 1. The lowest BCUT2D eigenvalue weighted by Gasteiger charge is -2.34. The van der Waals surface area contributed by atoms with Crippen LogP contribution in [0.4, 0.5) is 0 Å². The summed E-state index contributed by atoms with van der Waals surface area (Å²) < 4.78 is 28.2. The highest BCUT2D eigenvalue weighted by Gasteiger charge is 2.28. The van der Waals surface area contributed by atoms with Crippen LogP contribution >= 0.6 is 11.6 Å². The lowest BCUT2D eigenvalue weighted by atomic mass is 10.1. The van der Waals surface area contributed by atoms with Gasteiger partial charge in [-0.1, -0.05) is 23.7 Å². The number of hydrogen-bond donors (Lipinski definition) is 1. The molecule has 1 aliphatic heterocycles. The highest BCUT2D eigenvalue weighted by molar-refractivity contribution is 7.87. The second-order valence-corrected chi connectivity index (χ2v) is 8.32. The van der Waals surface area contributed by atoms with Crippen molar-refractivity contribution in [3.8, 4) is 0 Å². The molecular formula is C16H24ClN3O3S. The molecule has 0 radical (unpaired) electrons. The summed E-state index contributed by atoms with van der Waals surface area (Å²) in [4.78, 5) is 14.0. The molecular weight excluding hydrogens is 350 g/mol. The maximum atomic E-state index is 12.3. The van der Waals surface area contributed by atoms with E-state index in [0.717, 1.165) is 5.56 Å². The molecule has 1 N–H and O–H groups in total. The second kappa shape index (κ2) is 8.29. The van der Waals surface area contributed by atoms with Crippen molar-refractivity contribution in [1.82, 2.24) is 13.9 Å². The monoisotopic (exact) mass is 373 g/mol. The second-order valence-electron chi connectivity index (χ2n) is 6.18. The van der Waals surface area contributed by atoms with E-state index in [1.54, 1.807) is 18.7 Å². The average molecular weight is 374 g/mol. The van der Waals surface area contributed by atoms with Crippen LogP contribution in [0.1, 0.15) is 25.8 Å². The van der Waals surface area contributed by atoms with E-state index in [0.29, 0.717) is 44.0 Å². The molecule has 0 bridgehead atoms. The first-order valence-corrected chi connectivity index (χ1v) is 9.89. The first kappa shape index (κ1) is 19.2. The fraction of sp³-hybridized carbons (Fsp3) is 0.562. The minimum atomic E-state index is -3.46. The highest BCUT2D eigenvalue weighted by Crippen LogP contribution is 2.13. The Kier molecular flexibility index (Phi) is 6.62. The molecule has 6 nitrogen and oxygen atoms in total. The maximum absolute atomic E-state index is 12.3. The zero-order chi connectivity index (χ0) is 17.7. The number of amides is 1. The third kappa shape index (κ3) is 5.44. The van der Waals surface area contributed by atoms with Gasteiger partial charge in [-0.05, 0) is 38.0 Å². The zero-order valence-corrected chi connectivity index (χ0v) is 15.6. The summed E-state index contributed by atoms with van der Waals surface area (Å²) >= 11 is 5.84. The first-order valence-electron chi connectivity index (χ1n) is 8.07. The molecule has 1 amide bonds. The van der Waals surface area contributed by atoms with Crippen LogP contribution in [0.5, 0.6) is 0 Å². The molecule has 24 heavy (non-hydrogen) atoms. The van der Waals surface area contributed by atoms with Gasteiger partial charge in [-0.15, -0.1) is 0 Å². The number of carbonyl (C=O) groups excluding carboxylic acids is 1. The van der Waals surface area contributed by atoms with Gasteiger partial charge in [0.15, 0.2) is 0 Å². The van der Waals surface area contributed by atoms with Crippen LogP contribution < -0.4 is 4.72 Å². The van der Waals surface area contributed by atoms with E-state index >= 15 is 0 Å². The number of piperazine rings is 1. The minimum absolute atomic E-state index is 0.0545. The molecule has 1 aromatic carbocycles. The van der Waals surface area contributed by atoms with E-state index < -0.39 is 10.2 Å². The van der Waals surface area contributed by atoms with Crippen LogP contribution in [0, 0.1) is 0 Å². The lowest BCUT2D eigenvalue weighted by molar-refractivity contribution is -0.132. The summed E-state index contributed by atoms with van der Waals surface area (Å²) in [5, 5.41) is 0.678. The fourth-order valence-corrected chi connectivity index (χ4v) is 4.13. The van der Waals surface area contributed by atoms with E-state index in [1.807, 2.05) is 24.3 Å². The summed E-state index contributed by atoms with van der Waals surface area (Å²) in [6, 6.07) is 7.31. The Hall–Kier alpha value is -1.15. The van der Waals surface area contributed by atoms with E-state index in [1.165, 1.54) is 4.31 Å². The Morgan fingerprint density at radius 2 is 1.75 bits per heavy atom. The molecule has 0 aromatic heterocycles. The number of hydrogen-bond acceptors (Lipinski definition) is 3. The van der Waals surface area contributed by atoms with Gasteiger partial charge >= 0.3 is 0 Å². The van der Waals surface area contributed by atoms with Crippen molar-refractivity contribution in [2.24, 2.45) is 0 Å². The molecule has 2 rings (SSSR count). The molecule has 1 heterocycles. The average Bonchev–Trinajstić information content (AvgIpc) is 2.53. The predicted octanol–water partition coefficient (Wildman–Crippen LogP) is 1.66. The van der Waals surface area contributed by atoms with E-state index in [9.17, 15) is 13.2 Å². The largest absolute Gasteiger partial charge is 0.340 e. The van der Waals surface area contributed by atoms with Gasteiger partial charge in [-0.25, -0.2) is 0 Å². The van der Waals surface area contributed by atoms with Crippen molar-refractivity contribution in [1.29, 1.82) is 0 Å². The van der Waals surface area contributed by atoms with E-state index in [4.69, 9.17) is 11.6 Å². The summed E-state index contributed by atoms with van der Waals surface area (Å²) in [6.45, 7) is 5.09. The summed E-state index contributed by atoms with van der Waals surface area (Å²) in [5.74, 6) is 0.0545. The van der Waals surface area contributed by atoms with Gasteiger partial charge < -0.3 is 4.90 Å². The maximum Gasteiger partial charge on any atom is 0.279 e. The molecule has 1 fully saturated rings. The number of nitrogens with zero attached hydrogens (tertiary/aromatic N) is 2. The standard InChI is InChI=1S/C16H24ClN3O3S/c1-13(2)18-24(22,23)20-11-9-19(10-12-20)16(21)8-5-14-3-6-15(17)7-4-14/h3-4,6-7,13,18H,5,8-12H2,1-2H3. The van der Waals surface area contributed by atoms with Crippen LogP contribution in [-0.2, 0) is 21.4 Å². The topological polar surface area (TPSA) is 69.7 Å². The molecule has 0 aliphatic carbocycles. The van der Waals surface area contributed by atoms with Gasteiger partial charge in [0.1, 0.15) is 0 Å². The lowest BCUT2D eigenvalue weighted by Crippen LogP contribution is -2.54. The third-order valence-corrected chi connectivity index (χ3v) is 5.92. The Balaban J connectivity index is 1.81. The molecule has 0 unspecified atom stereocenters. The van der Waals surface area contributed by atoms with E-state index in [-0.39, 0.29) is 11.9 Å². The normalized spacial score (nSPS) is 16.6. The van der Waals surface area contributed by atoms with Crippen molar-refractivity contribution >= 4 is 27.7 Å². The van der Waals surface area contributed by atoms with Gasteiger partial charge in [0.05, 0.1) is 0 Å². The van der Waals surface area contributed by atoms with Crippen LogP contribution in [0.2, 0.25) is 5.02 Å². The van der Waals surface area contributed by atoms with Gasteiger partial charge in [0, 0.05) is 43.7 Å². The highest BCUT2D eigenvalue weighted by atomic mass is 35.5. The Morgan fingerprint density at radius 1 is 1.17 bits per heavy atom. The Morgan fingerprint density at radius 3 is 2.29 bits per heavy atom. The third-order valence-electron chi connectivity index (χ3n) is 3.86. The summed E-state index contributed by atoms with van der Waals surface area (Å²) in [5.41, 5.74) is 1.06. The smallest absolute Gasteiger partial charge is 0.279 e. The van der Waals surface area contributed by atoms with Crippen molar-refractivity contribution in [2.45, 2.75) is 32.7 Å². The van der Waals surface area contributed by atoms with Crippen molar-refractivity contribution in [2.75, 3.05) is 26.2 Å². The Labute approximate surface area is 149 Å². The number of halogens is 1. The van der Waals surface area contributed by atoms with Crippen molar-refractivity contribution < 1.29 is 13.2 Å². The SMILES string of the molecule is CC(C)NS(=O)(=O)N1CCN(C(=O)CCc2ccc(Cl)cc2)CC1. The molecule has 1 aliphatic rings. The molecule has 0 saturated carbocycles. The quantitative estimate of drug-likeness (QED) is 0.824. The number of nitrogens with one attached hydrogen (secondary N) is 1. The van der Waals surface area contributed by atoms with E-state index in [2.05, 4.69) is 4.72 Å². The van der Waals surface area contributed by atoms with Crippen LogP contribution in [0.15, 0.2) is 24.3 Å². The molecule has 1 aromatic rings. The molecule has 8 heteroatoms. The van der Waals surface area contributed by atoms with Crippen LogP contribution in [0.25, 0.3) is 0 Å². The number of rotatable bonds is 6. The zero-order valence-electron chi connectivity index (χ0n) is 14.0. The number of benzene rings is 1. The summed E-state index contributed by atoms with van der Waals surface area (Å²) in [7, 11) is -3.46. The number of carbonyl (C=O) groups is 1. The predicted molar refractivity (Wildman–Crippen MR) is 95.1 cm³/mol. The minimum Gasteiger partial charge on any atom is -0.340 e. The molecule has 1 saturated heterocycles. The molecule has 0 atom stereocenters. The van der Waals surface area contributed by atoms with Gasteiger partial charge in [-0.2, -0.15) is 17.4 Å². The van der Waals surface area contributed by atoms with Crippen LogP contribution in [0.3, 0.4) is 0 Å². The first-order chi connectivity index (χ1) is 11.3. The van der Waals surface area contributed by atoms with Crippen LogP contribution in [-0.4, -0.2) is 55.8 Å². The fourth-order valence-electron chi connectivity index (χ4n) is 2.61. The van der Waals surface area contributed by atoms with Crippen molar-refractivity contribution in [3.63, 3.8) is 0 Å². The van der Waals surface area contributed by atoms with Gasteiger partial charge in [-0.3, -0.25) is 4.79 Å². The van der Waals surface area contributed by atoms with Gasteiger partial charge in [0.25, 0.3) is 10.2 Å². The molecule has 0 spiro atoms. The Bertz CT molecular complexity index is 654. The molecule has 134 valence electrons. The van der Waals surface area contributed by atoms with Crippen molar-refractivity contribution in [3.05, 3.63) is 34.9 Å². The van der Waals surface area contributed by atoms with Gasteiger partial charge in [0.2, 0.25) is 5.91 Å².